The van der Waals surface area contributed by atoms with Crippen molar-refractivity contribution in [3.05, 3.63) is 64.1 Å². The van der Waals surface area contributed by atoms with E-state index in [-0.39, 0.29) is 11.4 Å². The van der Waals surface area contributed by atoms with E-state index in [1.54, 1.807) is 0 Å². The summed E-state index contributed by atoms with van der Waals surface area (Å²) in [5, 5.41) is 3.13. The lowest BCUT2D eigenvalue weighted by molar-refractivity contribution is -0.113. The summed E-state index contributed by atoms with van der Waals surface area (Å²) in [6.45, 7) is 1.80. The van der Waals surface area contributed by atoms with Crippen LogP contribution in [0.5, 0.6) is 0 Å². The molecule has 1 amide bonds. The largest absolute Gasteiger partial charge is 0.323 e. The van der Waals surface area contributed by atoms with Crippen molar-refractivity contribution < 1.29 is 13.6 Å². The summed E-state index contributed by atoms with van der Waals surface area (Å²) < 4.78 is 28.1. The van der Waals surface area contributed by atoms with Gasteiger partial charge in [-0.05, 0) is 31.3 Å². The highest BCUT2D eigenvalue weighted by atomic mass is 79.9. The lowest BCUT2D eigenvalue weighted by Gasteiger charge is -2.33. The van der Waals surface area contributed by atoms with Gasteiger partial charge in [-0.15, -0.1) is 0 Å². The van der Waals surface area contributed by atoms with Crippen molar-refractivity contribution in [1.82, 2.24) is 4.90 Å². The van der Waals surface area contributed by atoms with Crippen LogP contribution in [0.2, 0.25) is 0 Å². The molecule has 2 heterocycles. The molecule has 0 bridgehead atoms. The van der Waals surface area contributed by atoms with Gasteiger partial charge < -0.3 is 10.2 Å². The Kier molecular flexibility index (Phi) is 6.55. The first kappa shape index (κ1) is 22.1. The number of likely N-dealkylation sites (tertiary alicyclic amines) is 1. The van der Waals surface area contributed by atoms with Crippen LogP contribution < -0.4 is 5.32 Å². The summed E-state index contributed by atoms with van der Waals surface area (Å²) in [7, 11) is 2.08. The van der Waals surface area contributed by atoms with E-state index < -0.39 is 23.2 Å². The first-order valence-electron chi connectivity index (χ1n) is 9.86. The number of carbonyl (C=O) groups is 1. The van der Waals surface area contributed by atoms with Crippen LogP contribution in [0.3, 0.4) is 0 Å². The van der Waals surface area contributed by atoms with Gasteiger partial charge in [0.1, 0.15) is 16.7 Å². The Hall–Kier alpha value is -2.10. The summed E-state index contributed by atoms with van der Waals surface area (Å²) in [6.07, 6.45) is 1.63. The van der Waals surface area contributed by atoms with Crippen molar-refractivity contribution in [1.29, 1.82) is 0 Å². The zero-order valence-electron chi connectivity index (χ0n) is 16.9. The Morgan fingerprint density at radius 2 is 1.87 bits per heavy atom. The number of hydrogen-bond donors (Lipinski definition) is 1. The maximum Gasteiger partial charge on any atom is 0.234 e. The molecule has 9 heteroatoms. The molecule has 0 atom stereocenters. The molecule has 5 nitrogen and oxygen atoms in total. The first-order chi connectivity index (χ1) is 14.8. The van der Waals surface area contributed by atoms with Crippen molar-refractivity contribution >= 4 is 50.0 Å². The van der Waals surface area contributed by atoms with Crippen LogP contribution in [0.15, 0.2) is 56.9 Å². The number of piperidine rings is 1. The predicted octanol–water partition coefficient (Wildman–Crippen LogP) is 4.72. The zero-order chi connectivity index (χ0) is 22.0. The van der Waals surface area contributed by atoms with E-state index in [0.717, 1.165) is 59.9 Å². The van der Waals surface area contributed by atoms with E-state index in [1.165, 1.54) is 11.8 Å². The molecule has 2 aromatic rings. The molecule has 0 radical (unpaired) electrons. The van der Waals surface area contributed by atoms with E-state index >= 15 is 0 Å². The number of thioether (sulfide) groups is 1. The molecule has 0 aromatic heterocycles. The van der Waals surface area contributed by atoms with Crippen molar-refractivity contribution in [2.45, 2.75) is 18.5 Å². The fourth-order valence-electron chi connectivity index (χ4n) is 3.53. The number of carbonyl (C=O) groups excluding carboxylic acids is 1. The maximum atomic E-state index is 13.8. The van der Waals surface area contributed by atoms with Gasteiger partial charge in [-0.3, -0.25) is 9.79 Å². The number of amides is 1. The molecule has 1 N–H and O–H groups in total. The zero-order valence-corrected chi connectivity index (χ0v) is 19.3. The van der Waals surface area contributed by atoms with Gasteiger partial charge in [0.15, 0.2) is 5.66 Å². The van der Waals surface area contributed by atoms with Crippen molar-refractivity contribution in [3.63, 3.8) is 0 Å². The predicted molar refractivity (Wildman–Crippen MR) is 125 cm³/mol. The third kappa shape index (κ3) is 5.22. The summed E-state index contributed by atoms with van der Waals surface area (Å²) >= 11 is 4.71. The number of anilines is 1. The highest BCUT2D eigenvalue weighted by Gasteiger charge is 2.39. The quantitative estimate of drug-likeness (QED) is 0.652. The number of halogens is 3. The number of rotatable bonds is 4. The van der Waals surface area contributed by atoms with E-state index in [9.17, 15) is 13.6 Å². The molecule has 1 spiro atoms. The van der Waals surface area contributed by atoms with Gasteiger partial charge in [-0.2, -0.15) is 0 Å². The lowest BCUT2D eigenvalue weighted by atomic mass is 9.99. The molecular weight excluding hydrogens is 486 g/mol. The summed E-state index contributed by atoms with van der Waals surface area (Å²) in [6, 6.07) is 10.8. The monoisotopic (exact) mass is 506 g/mol. The molecule has 1 fully saturated rings. The minimum Gasteiger partial charge on any atom is -0.323 e. The molecule has 0 saturated carbocycles. The number of aliphatic imine (C=N–C) groups is 2. The van der Waals surface area contributed by atoms with Crippen LogP contribution in [-0.2, 0) is 4.79 Å². The van der Waals surface area contributed by atoms with Gasteiger partial charge in [0.2, 0.25) is 5.91 Å². The minimum absolute atomic E-state index is 0.0142. The van der Waals surface area contributed by atoms with E-state index in [1.807, 2.05) is 24.3 Å². The first-order valence-corrected chi connectivity index (χ1v) is 11.6. The van der Waals surface area contributed by atoms with Gasteiger partial charge in [0, 0.05) is 42.0 Å². The van der Waals surface area contributed by atoms with Crippen LogP contribution in [0.1, 0.15) is 18.4 Å². The van der Waals surface area contributed by atoms with Crippen LogP contribution in [0.25, 0.3) is 0 Å². The summed E-state index contributed by atoms with van der Waals surface area (Å²) in [5.41, 5.74) is 1.03. The number of benzene rings is 2. The molecule has 4 rings (SSSR count). The Balaban J connectivity index is 1.51. The lowest BCUT2D eigenvalue weighted by Crippen LogP contribution is -2.39. The van der Waals surface area contributed by atoms with Gasteiger partial charge in [0.05, 0.1) is 17.2 Å². The van der Waals surface area contributed by atoms with Crippen LogP contribution in [0.4, 0.5) is 14.5 Å². The van der Waals surface area contributed by atoms with Crippen LogP contribution >= 0.6 is 27.7 Å². The highest BCUT2D eigenvalue weighted by Crippen LogP contribution is 2.35. The van der Waals surface area contributed by atoms with Gasteiger partial charge in [0.25, 0.3) is 0 Å². The normalized spacial score (nSPS) is 18.1. The second-order valence-electron chi connectivity index (χ2n) is 7.63. The Morgan fingerprint density at radius 3 is 2.58 bits per heavy atom. The van der Waals surface area contributed by atoms with E-state index in [4.69, 9.17) is 9.98 Å². The molecule has 2 aromatic carbocycles. The fourth-order valence-corrected chi connectivity index (χ4v) is 4.67. The number of hydrogen-bond acceptors (Lipinski definition) is 5. The SMILES string of the molecule is CN1CCC2(CC1)N=C(SCC(=O)Nc1cc(F)ccc1F)C(c1ccc(Br)cc1)=N2. The Labute approximate surface area is 192 Å². The standard InChI is InChI=1S/C22H21BrF2N4OS/c1-29-10-8-22(9-11-29)27-20(14-2-4-15(23)5-3-14)21(28-22)31-13-19(30)26-18-12-16(24)6-7-17(18)25/h2-7,12H,8-11,13H2,1H3,(H,26,30). The molecular formula is C22H21BrF2N4OS. The van der Waals surface area contributed by atoms with Crippen molar-refractivity contribution in [2.75, 3.05) is 31.2 Å². The highest BCUT2D eigenvalue weighted by molar-refractivity contribution is 9.10. The minimum atomic E-state index is -0.680. The molecule has 31 heavy (non-hydrogen) atoms. The molecule has 162 valence electrons. The van der Waals surface area contributed by atoms with Crippen LogP contribution in [-0.4, -0.2) is 53.1 Å². The Morgan fingerprint density at radius 1 is 1.16 bits per heavy atom. The molecule has 1 saturated heterocycles. The van der Waals surface area contributed by atoms with Gasteiger partial charge >= 0.3 is 0 Å². The topological polar surface area (TPSA) is 57.1 Å². The molecule has 0 aliphatic carbocycles. The van der Waals surface area contributed by atoms with Gasteiger partial charge in [-0.25, -0.2) is 13.8 Å². The van der Waals surface area contributed by atoms with Crippen molar-refractivity contribution in [2.24, 2.45) is 9.98 Å². The smallest absolute Gasteiger partial charge is 0.234 e. The molecule has 2 aliphatic rings. The molecule has 2 aliphatic heterocycles. The van der Waals surface area contributed by atoms with Gasteiger partial charge in [-0.1, -0.05) is 39.8 Å². The average molecular weight is 507 g/mol. The fraction of sp³-hybridized carbons (Fsp3) is 0.318. The third-order valence-electron chi connectivity index (χ3n) is 5.28. The average Bonchev–Trinajstić information content (AvgIpc) is 3.10. The van der Waals surface area contributed by atoms with E-state index in [2.05, 4.69) is 33.2 Å². The summed E-state index contributed by atoms with van der Waals surface area (Å²) in [5.74, 6) is -1.71. The second-order valence-corrected chi connectivity index (χ2v) is 9.51. The number of nitrogens with zero attached hydrogens (tertiary/aromatic N) is 3. The Bertz CT molecular complexity index is 1050. The number of nitrogens with one attached hydrogen (secondary N) is 1. The summed E-state index contributed by atoms with van der Waals surface area (Å²) in [4.78, 5) is 24.6. The van der Waals surface area contributed by atoms with Crippen molar-refractivity contribution in [3.8, 4) is 0 Å². The van der Waals surface area contributed by atoms with E-state index in [0.29, 0.717) is 5.04 Å². The second kappa shape index (κ2) is 9.18. The van der Waals surface area contributed by atoms with Crippen LogP contribution in [0, 0.1) is 11.6 Å². The maximum absolute atomic E-state index is 13.8. The molecule has 0 unspecified atom stereocenters. The third-order valence-corrected chi connectivity index (χ3v) is 6.77.